The van der Waals surface area contributed by atoms with Crippen LogP contribution in [0.2, 0.25) is 5.02 Å². The van der Waals surface area contributed by atoms with Gasteiger partial charge in [-0.25, -0.2) is 21.2 Å². The molecule has 0 saturated carbocycles. The van der Waals surface area contributed by atoms with E-state index in [0.717, 1.165) is 46.1 Å². The Kier molecular flexibility index (Phi) is 18.6. The zero-order chi connectivity index (χ0) is 55.2. The van der Waals surface area contributed by atoms with Gasteiger partial charge in [-0.05, 0) is 162 Å². The molecule has 0 aliphatic carbocycles. The maximum atomic E-state index is 15.8. The van der Waals surface area contributed by atoms with Crippen LogP contribution in [-0.4, -0.2) is 119 Å². The molecule has 3 heterocycles. The van der Waals surface area contributed by atoms with Gasteiger partial charge in [0, 0.05) is 101 Å². The Labute approximate surface area is 461 Å². The van der Waals surface area contributed by atoms with Crippen LogP contribution in [-0.2, 0) is 34.0 Å². The van der Waals surface area contributed by atoms with Gasteiger partial charge in [0.1, 0.15) is 12.4 Å². The third-order valence-electron chi connectivity index (χ3n) is 14.1. The number of carbonyl (C=O) groups is 1. The first kappa shape index (κ1) is 57.8. The van der Waals surface area contributed by atoms with Crippen LogP contribution in [0.15, 0.2) is 130 Å². The van der Waals surface area contributed by atoms with Gasteiger partial charge in [0.15, 0.2) is 9.84 Å². The van der Waals surface area contributed by atoms with E-state index < -0.39 is 45.4 Å². The molecule has 1 aromatic heterocycles. The molecule has 8 rings (SSSR count). The van der Waals surface area contributed by atoms with Crippen molar-refractivity contribution in [2.75, 3.05) is 90.4 Å². The molecule has 6 aromatic rings. The topological polar surface area (TPSA) is 191 Å². The van der Waals surface area contributed by atoms with Crippen molar-refractivity contribution >= 4 is 79.5 Å². The van der Waals surface area contributed by atoms with Crippen LogP contribution in [0.4, 0.5) is 27.1 Å². The van der Waals surface area contributed by atoms with Crippen LogP contribution >= 0.6 is 31.0 Å². The number of ether oxygens (including phenoxy) is 1. The number of hydrogen-bond donors (Lipinski definition) is 4. The van der Waals surface area contributed by atoms with Gasteiger partial charge >= 0.3 is 13.6 Å². The maximum Gasteiger partial charge on any atom is 0.328 e. The number of sulfone groups is 1. The van der Waals surface area contributed by atoms with Gasteiger partial charge in [-0.3, -0.25) is 14.1 Å². The fourth-order valence-electron chi connectivity index (χ4n) is 10.2. The van der Waals surface area contributed by atoms with E-state index in [-0.39, 0.29) is 34.4 Å². The lowest BCUT2D eigenvalue weighted by atomic mass is 9.97. The lowest BCUT2D eigenvalue weighted by Gasteiger charge is -2.37. The standard InChI is InChI=1S/C56H67ClFN6O9PS3/c1-38(2)64-40(4)55(76(5,69)70)53(54(64)41-11-13-44(57)14-12-41)43-34-45(58)36-49(35-43)63-29-27-62(28-30-63)48-17-15-46(16-18-48)60-77(71,72)51-19-20-52(39(3)33-51)59-47(37-75-50-9-7-6-8-10-50)23-26-61-24-21-42(22-25-61)56(65)73-31-32-74(66,67)68/h6-20,33-36,38,42,47,59-60H,21-32,37H2,1-5H3,(H2,66,67,68)/t47-/m1/s1. The average Bonchev–Trinajstić information content (AvgIpc) is 3.77. The van der Waals surface area contributed by atoms with Crippen LogP contribution in [0.1, 0.15) is 50.4 Å². The molecule has 15 nitrogen and oxygen atoms in total. The predicted molar refractivity (Wildman–Crippen MR) is 308 cm³/mol. The average molecular weight is 1150 g/mol. The number of esters is 1. The van der Waals surface area contributed by atoms with E-state index in [1.165, 1.54) is 18.4 Å². The number of aromatic nitrogens is 1. The molecule has 2 fully saturated rings. The highest BCUT2D eigenvalue weighted by Gasteiger charge is 2.32. The van der Waals surface area contributed by atoms with Crippen LogP contribution in [0.3, 0.4) is 0 Å². The van der Waals surface area contributed by atoms with E-state index in [1.807, 2.05) is 73.9 Å². The number of aryl methyl sites for hydroxylation is 1. The zero-order valence-corrected chi connectivity index (χ0v) is 48.0. The normalized spacial score (nSPS) is 15.5. The van der Waals surface area contributed by atoms with Crippen molar-refractivity contribution < 1.29 is 45.1 Å². The first-order valence-corrected chi connectivity index (χ1v) is 32.2. The van der Waals surface area contributed by atoms with Crippen LogP contribution in [0.25, 0.3) is 22.4 Å². The Hall–Kier alpha value is -5.37. The molecule has 4 N–H and O–H groups in total. The third-order valence-corrected chi connectivity index (χ3v) is 18.9. The fraction of sp³-hybridized carbons (Fsp3) is 0.375. The number of nitrogens with zero attached hydrogens (tertiary/aromatic N) is 4. The van der Waals surface area contributed by atoms with Gasteiger partial charge < -0.3 is 39.1 Å². The number of carbonyl (C=O) groups excluding carboxylic acids is 1. The number of halogens is 2. The largest absolute Gasteiger partial charge is 0.465 e. The Morgan fingerprint density at radius 3 is 2.09 bits per heavy atom. The quantitative estimate of drug-likeness (QED) is 0.0302. The smallest absolute Gasteiger partial charge is 0.328 e. The molecule has 0 spiro atoms. The molecule has 1 atom stereocenters. The number of rotatable bonds is 21. The Morgan fingerprint density at radius 1 is 0.831 bits per heavy atom. The maximum absolute atomic E-state index is 15.8. The number of sulfonamides is 1. The summed E-state index contributed by atoms with van der Waals surface area (Å²) in [4.78, 5) is 38.7. The molecule has 2 aliphatic heterocycles. The van der Waals surface area contributed by atoms with E-state index in [2.05, 4.69) is 36.9 Å². The van der Waals surface area contributed by atoms with Crippen molar-refractivity contribution in [1.82, 2.24) is 9.47 Å². The van der Waals surface area contributed by atoms with Crippen LogP contribution in [0, 0.1) is 25.6 Å². The zero-order valence-electron chi connectivity index (χ0n) is 43.9. The summed E-state index contributed by atoms with van der Waals surface area (Å²) in [7, 11) is -12.0. The second kappa shape index (κ2) is 24.7. The number of anilines is 4. The van der Waals surface area contributed by atoms with Gasteiger partial charge in [-0.1, -0.05) is 41.9 Å². The lowest BCUT2D eigenvalue weighted by Crippen LogP contribution is -2.46. The summed E-state index contributed by atoms with van der Waals surface area (Å²) in [6.07, 6.45) is 2.68. The second-order valence-corrected chi connectivity index (χ2v) is 27.0. The highest BCUT2D eigenvalue weighted by Crippen LogP contribution is 2.45. The van der Waals surface area contributed by atoms with Crippen molar-refractivity contribution in [2.45, 2.75) is 73.7 Å². The van der Waals surface area contributed by atoms with E-state index in [9.17, 15) is 26.2 Å². The predicted octanol–water partition coefficient (Wildman–Crippen LogP) is 10.7. The summed E-state index contributed by atoms with van der Waals surface area (Å²) in [5.41, 5.74) is 6.45. The summed E-state index contributed by atoms with van der Waals surface area (Å²) in [6, 6.07) is 34.3. The fourth-order valence-corrected chi connectivity index (χ4v) is 14.0. The van der Waals surface area contributed by atoms with Crippen LogP contribution in [0.5, 0.6) is 0 Å². The van der Waals surface area contributed by atoms with Crippen LogP contribution < -0.4 is 19.8 Å². The van der Waals surface area contributed by atoms with E-state index in [1.54, 1.807) is 61.2 Å². The minimum Gasteiger partial charge on any atom is -0.465 e. The SMILES string of the molecule is Cc1cc(S(=O)(=O)Nc2ccc(N3CCN(c4cc(F)cc(-c5c(S(C)(=O)=O)c(C)n(C(C)C)c5-c5ccc(Cl)cc5)c4)CC3)cc2)ccc1N[C@H](CCN1CCC(C(=O)OCCP(=O)(O)O)CC1)CSc1ccccc1. The van der Waals surface area contributed by atoms with Gasteiger partial charge in [0.2, 0.25) is 0 Å². The van der Waals surface area contributed by atoms with Gasteiger partial charge in [-0.15, -0.1) is 11.8 Å². The number of benzene rings is 5. The monoisotopic (exact) mass is 1150 g/mol. The highest BCUT2D eigenvalue weighted by molar-refractivity contribution is 7.99. The molecule has 77 heavy (non-hydrogen) atoms. The first-order valence-electron chi connectivity index (χ1n) is 25.7. The van der Waals surface area contributed by atoms with Crippen molar-refractivity contribution in [3.8, 4) is 22.4 Å². The van der Waals surface area contributed by atoms with Crippen molar-refractivity contribution in [2.24, 2.45) is 5.92 Å². The molecule has 0 amide bonds. The Morgan fingerprint density at radius 2 is 1.48 bits per heavy atom. The molecular weight excluding hydrogens is 1080 g/mol. The summed E-state index contributed by atoms with van der Waals surface area (Å²) >= 11 is 8.00. The minimum atomic E-state index is -4.24. The first-order chi connectivity index (χ1) is 36.5. The molecule has 412 valence electrons. The number of piperazine rings is 1. The molecular formula is C56H67ClFN6O9PS3. The van der Waals surface area contributed by atoms with Gasteiger partial charge in [-0.2, -0.15) is 0 Å². The third kappa shape index (κ3) is 14.9. The van der Waals surface area contributed by atoms with Gasteiger partial charge in [0.05, 0.1) is 27.6 Å². The molecule has 2 aliphatic rings. The van der Waals surface area contributed by atoms with Crippen molar-refractivity contribution in [3.05, 3.63) is 137 Å². The molecule has 0 bridgehead atoms. The number of likely N-dealkylation sites (tertiary alicyclic amines) is 1. The second-order valence-electron chi connectivity index (χ2n) is 20.1. The number of hydrogen-bond acceptors (Lipinski definition) is 12. The molecule has 0 unspecified atom stereocenters. The summed E-state index contributed by atoms with van der Waals surface area (Å²) in [5.74, 6) is -0.455. The molecule has 21 heteroatoms. The lowest BCUT2D eigenvalue weighted by molar-refractivity contribution is -0.149. The van der Waals surface area contributed by atoms with E-state index in [4.69, 9.17) is 26.1 Å². The van der Waals surface area contributed by atoms with Crippen molar-refractivity contribution in [3.63, 3.8) is 0 Å². The highest BCUT2D eigenvalue weighted by atomic mass is 35.5. The minimum absolute atomic E-state index is 0.0236. The summed E-state index contributed by atoms with van der Waals surface area (Å²) in [5, 5.41) is 4.22. The molecule has 5 aromatic carbocycles. The van der Waals surface area contributed by atoms with E-state index in [0.29, 0.717) is 91.0 Å². The number of thioether (sulfide) groups is 1. The Bertz CT molecular complexity index is 3310. The van der Waals surface area contributed by atoms with Gasteiger partial charge in [0.25, 0.3) is 10.0 Å². The molecule has 0 radical (unpaired) electrons. The molecule has 2 saturated heterocycles. The van der Waals surface area contributed by atoms with E-state index >= 15 is 4.39 Å². The summed E-state index contributed by atoms with van der Waals surface area (Å²) in [6.45, 7) is 11.8. The summed E-state index contributed by atoms with van der Waals surface area (Å²) < 4.78 is 91.5. The number of nitrogens with one attached hydrogen (secondary N) is 2. The Balaban J connectivity index is 0.891. The van der Waals surface area contributed by atoms with Crippen molar-refractivity contribution in [1.29, 1.82) is 0 Å². The number of piperidine rings is 1.